The first-order valence-corrected chi connectivity index (χ1v) is 22.4. The number of alkyl carbamates (subject to hydrolysis) is 1. The Bertz CT molecular complexity index is 1800. The number of carbonyl (C=O) groups excluding carboxylic acids is 3. The molecule has 1 aromatic carbocycles. The predicted octanol–water partition coefficient (Wildman–Crippen LogP) is 5.95. The zero-order valence-electron chi connectivity index (χ0n) is 32.5. The summed E-state index contributed by atoms with van der Waals surface area (Å²) in [5, 5.41) is 2.65. The van der Waals surface area contributed by atoms with E-state index in [2.05, 4.69) is 32.9 Å². The lowest BCUT2D eigenvalue weighted by Gasteiger charge is -2.37. The monoisotopic (exact) mass is 935 g/mol. The Balaban J connectivity index is 1.11. The molecule has 1 aromatic heterocycles. The number of anilines is 2. The van der Waals surface area contributed by atoms with E-state index < -0.39 is 33.6 Å². The van der Waals surface area contributed by atoms with Crippen LogP contribution in [0.15, 0.2) is 41.3 Å². The first-order valence-electron chi connectivity index (χ1n) is 19.1. The van der Waals surface area contributed by atoms with Crippen molar-refractivity contribution in [1.29, 1.82) is 0 Å². The highest BCUT2D eigenvalue weighted by Gasteiger charge is 2.45. The molecule has 0 unspecified atom stereocenters. The third-order valence-corrected chi connectivity index (χ3v) is 13.5. The van der Waals surface area contributed by atoms with Gasteiger partial charge in [0.25, 0.3) is 5.92 Å². The highest BCUT2D eigenvalue weighted by atomic mass is 127. The predicted molar refractivity (Wildman–Crippen MR) is 220 cm³/mol. The molecule has 1 saturated carbocycles. The lowest BCUT2D eigenvalue weighted by atomic mass is 9.77. The number of piperazine rings is 1. The topological polar surface area (TPSA) is 136 Å². The first-order chi connectivity index (χ1) is 26.4. The van der Waals surface area contributed by atoms with Crippen molar-refractivity contribution in [3.8, 4) is 0 Å². The molecule has 3 amide bonds. The van der Waals surface area contributed by atoms with E-state index in [1.54, 1.807) is 47.6 Å². The Morgan fingerprint density at radius 2 is 1.66 bits per heavy atom. The van der Waals surface area contributed by atoms with Crippen LogP contribution in [0.25, 0.3) is 0 Å². The van der Waals surface area contributed by atoms with Crippen molar-refractivity contribution in [2.24, 2.45) is 11.8 Å². The molecule has 0 atom stereocenters. The van der Waals surface area contributed by atoms with Crippen molar-refractivity contribution in [1.82, 2.24) is 24.4 Å². The van der Waals surface area contributed by atoms with Gasteiger partial charge in [-0.2, -0.15) is 4.31 Å². The number of nitrogens with zero attached hydrogens (tertiary/aromatic N) is 6. The molecule has 1 N–H and O–H groups in total. The molecule has 0 spiro atoms. The Morgan fingerprint density at radius 1 is 1.00 bits per heavy atom. The number of alkyl halides is 3. The number of carbonyl (C=O) groups is 3. The Hall–Kier alpha value is -2.87. The summed E-state index contributed by atoms with van der Waals surface area (Å²) in [6.07, 6.45) is 1.82. The number of rotatable bonds is 14. The number of pyridine rings is 1. The number of benzene rings is 1. The van der Waals surface area contributed by atoms with Gasteiger partial charge in [-0.1, -0.05) is 34.2 Å². The van der Waals surface area contributed by atoms with E-state index in [4.69, 9.17) is 16.3 Å². The van der Waals surface area contributed by atoms with Crippen LogP contribution in [0.5, 0.6) is 0 Å². The second kappa shape index (κ2) is 18.8. The molecule has 56 heavy (non-hydrogen) atoms. The Labute approximate surface area is 347 Å². The number of halogens is 4. The number of aromatic nitrogens is 1. The van der Waals surface area contributed by atoms with E-state index in [1.165, 1.54) is 28.6 Å². The van der Waals surface area contributed by atoms with Crippen molar-refractivity contribution in [2.75, 3.05) is 80.3 Å². The van der Waals surface area contributed by atoms with Gasteiger partial charge in [0.1, 0.15) is 16.6 Å². The fourth-order valence-electron chi connectivity index (χ4n) is 7.36. The van der Waals surface area contributed by atoms with Gasteiger partial charge >= 0.3 is 6.09 Å². The van der Waals surface area contributed by atoms with Crippen LogP contribution in [0, 0.1) is 11.8 Å². The van der Waals surface area contributed by atoms with Gasteiger partial charge in [0.15, 0.2) is 0 Å². The van der Waals surface area contributed by atoms with Crippen LogP contribution in [0.4, 0.5) is 25.1 Å². The van der Waals surface area contributed by atoms with Crippen molar-refractivity contribution in [2.45, 2.75) is 75.7 Å². The summed E-state index contributed by atoms with van der Waals surface area (Å²) in [6, 6.07) is 8.86. The average Bonchev–Trinajstić information content (AvgIpc) is 3.59. The normalized spacial score (nSPS) is 20.1. The lowest BCUT2D eigenvalue weighted by Crippen LogP contribution is -2.49. The number of hydrogen-bond acceptors (Lipinski definition) is 9. The number of likely N-dealkylation sites (N-methyl/N-ethyl adjacent to an activating group) is 1. The van der Waals surface area contributed by atoms with Crippen LogP contribution in [0.1, 0.15) is 64.9 Å². The molecule has 2 aromatic rings. The lowest BCUT2D eigenvalue weighted by molar-refractivity contribution is -0.138. The minimum absolute atomic E-state index is 0.0195. The standard InChI is InChI=1S/C38H53ClF2IN7O6S/c1-37(2,3)55-36(52)43-15-17-45(4)18-19-47(26-42)35(51)27-7-9-28(10-8-27)38(40,41)29-24-32(39)44-33(25-29)46-20-22-48(23-21-46)56(53,54)31-13-11-30(12-14-31)49-16-5-6-34(49)50/h11-14,24-25,27-28H,5-10,15-23,26H2,1-4H3,(H,43,52). The van der Waals surface area contributed by atoms with Crippen LogP contribution in [-0.2, 0) is 30.3 Å². The van der Waals surface area contributed by atoms with Crippen LogP contribution in [0.3, 0.4) is 0 Å². The van der Waals surface area contributed by atoms with Crippen molar-refractivity contribution in [3.63, 3.8) is 0 Å². The molecule has 3 fully saturated rings. The van der Waals surface area contributed by atoms with Crippen LogP contribution < -0.4 is 15.1 Å². The smallest absolute Gasteiger partial charge is 0.407 e. The molecule has 2 saturated heterocycles. The number of nitrogens with one attached hydrogen (secondary N) is 1. The van der Waals surface area contributed by atoms with Gasteiger partial charge in [0.2, 0.25) is 21.8 Å². The van der Waals surface area contributed by atoms with Gasteiger partial charge in [-0.05, 0) is 96.3 Å². The SMILES string of the molecule is CN(CCNC(=O)OC(C)(C)C)CCN(CI)C(=O)C1CCC(C(F)(F)c2cc(Cl)nc(N3CCN(S(=O)(=O)c4ccc(N5CCCC5=O)cc4)CC3)c2)CC1. The van der Waals surface area contributed by atoms with E-state index in [-0.39, 0.29) is 78.2 Å². The number of hydrogen-bond donors (Lipinski definition) is 1. The molecule has 3 heterocycles. The van der Waals surface area contributed by atoms with Gasteiger partial charge < -0.3 is 29.7 Å². The van der Waals surface area contributed by atoms with Gasteiger partial charge in [0, 0.05) is 88.4 Å². The summed E-state index contributed by atoms with van der Waals surface area (Å²) >= 11 is 8.46. The maximum atomic E-state index is 16.2. The summed E-state index contributed by atoms with van der Waals surface area (Å²) in [7, 11) is -1.92. The van der Waals surface area contributed by atoms with Gasteiger partial charge in [-0.15, -0.1) is 0 Å². The second-order valence-electron chi connectivity index (χ2n) is 15.7. The minimum Gasteiger partial charge on any atom is -0.444 e. The summed E-state index contributed by atoms with van der Waals surface area (Å²) in [6.45, 7) is 8.76. The molecule has 13 nitrogen and oxygen atoms in total. The molecular weight excluding hydrogens is 883 g/mol. The molecule has 2 aliphatic heterocycles. The van der Waals surface area contributed by atoms with Gasteiger partial charge in [0.05, 0.1) is 9.45 Å². The maximum absolute atomic E-state index is 16.2. The van der Waals surface area contributed by atoms with E-state index >= 15 is 8.78 Å². The van der Waals surface area contributed by atoms with Crippen molar-refractivity contribution in [3.05, 3.63) is 47.1 Å². The van der Waals surface area contributed by atoms with Crippen molar-refractivity contribution < 1.29 is 36.3 Å². The molecule has 18 heteroatoms. The summed E-state index contributed by atoms with van der Waals surface area (Å²) in [5.41, 5.74) is -0.156. The molecular formula is C38H53ClF2IN7O6S. The number of ether oxygens (including phenoxy) is 1. The molecule has 0 radical (unpaired) electrons. The van der Waals surface area contributed by atoms with E-state index in [1.807, 2.05) is 11.9 Å². The number of sulfonamides is 1. The van der Waals surface area contributed by atoms with Gasteiger partial charge in [-0.25, -0.2) is 27.0 Å². The second-order valence-corrected chi connectivity index (χ2v) is 18.7. The largest absolute Gasteiger partial charge is 0.444 e. The zero-order valence-corrected chi connectivity index (χ0v) is 36.2. The third kappa shape index (κ3) is 11.2. The maximum Gasteiger partial charge on any atom is 0.407 e. The molecule has 1 aliphatic carbocycles. The van der Waals surface area contributed by atoms with Crippen LogP contribution >= 0.6 is 34.2 Å². The average molecular weight is 936 g/mol. The first kappa shape index (κ1) is 44.2. The minimum atomic E-state index is -3.82. The molecule has 5 rings (SSSR count). The quantitative estimate of drug-likeness (QED) is 0.106. The summed E-state index contributed by atoms with van der Waals surface area (Å²) < 4.78 is 66.3. The number of amides is 3. The third-order valence-electron chi connectivity index (χ3n) is 10.5. The van der Waals surface area contributed by atoms with Crippen LogP contribution in [0.2, 0.25) is 5.15 Å². The van der Waals surface area contributed by atoms with Crippen LogP contribution in [-0.4, -0.2) is 122 Å². The Kier molecular flexibility index (Phi) is 14.9. The highest BCUT2D eigenvalue weighted by molar-refractivity contribution is 14.1. The molecule has 310 valence electrons. The molecule has 3 aliphatic rings. The van der Waals surface area contributed by atoms with E-state index in [9.17, 15) is 22.8 Å². The highest BCUT2D eigenvalue weighted by Crippen LogP contribution is 2.46. The Morgan fingerprint density at radius 3 is 2.25 bits per heavy atom. The summed E-state index contributed by atoms with van der Waals surface area (Å²) in [4.78, 5) is 49.1. The molecule has 0 bridgehead atoms. The van der Waals surface area contributed by atoms with E-state index in [0.717, 1.165) is 6.42 Å². The van der Waals surface area contributed by atoms with E-state index in [0.29, 0.717) is 62.2 Å². The zero-order chi connectivity index (χ0) is 40.8. The van der Waals surface area contributed by atoms with Crippen molar-refractivity contribution >= 4 is 73.6 Å². The summed E-state index contributed by atoms with van der Waals surface area (Å²) in [5.74, 6) is -4.29. The van der Waals surface area contributed by atoms with Gasteiger partial charge in [-0.3, -0.25) is 9.59 Å². The fourth-order valence-corrected chi connectivity index (χ4v) is 9.66. The fraction of sp³-hybridized carbons (Fsp3) is 0.632.